The van der Waals surface area contributed by atoms with E-state index >= 15 is 0 Å². The van der Waals surface area contributed by atoms with Gasteiger partial charge in [0.25, 0.3) is 0 Å². The van der Waals surface area contributed by atoms with E-state index in [0.717, 1.165) is 50.6 Å². The number of likely N-dealkylation sites (N-methyl/N-ethyl adjacent to an activating group) is 1. The molecule has 1 aromatic rings. The Labute approximate surface area is 228 Å². The van der Waals surface area contributed by atoms with Gasteiger partial charge in [0.1, 0.15) is 0 Å². The molecule has 0 saturated heterocycles. The van der Waals surface area contributed by atoms with Crippen LogP contribution in [-0.2, 0) is 16.1 Å². The zero-order chi connectivity index (χ0) is 27.3. The van der Waals surface area contributed by atoms with Gasteiger partial charge in [-0.1, -0.05) is 64.0 Å². The summed E-state index contributed by atoms with van der Waals surface area (Å²) in [5, 5.41) is 2.59. The molecule has 0 aromatic heterocycles. The van der Waals surface area contributed by atoms with Crippen molar-refractivity contribution in [2.45, 2.75) is 109 Å². The van der Waals surface area contributed by atoms with Gasteiger partial charge in [-0.2, -0.15) is 0 Å². The fraction of sp³-hybridized carbons (Fsp3) is 0.667. The largest absolute Gasteiger partial charge is 0.369 e. The number of ketones is 1. The number of hydrogen-bond donors (Lipinski definition) is 2. The summed E-state index contributed by atoms with van der Waals surface area (Å²) >= 11 is 0. The van der Waals surface area contributed by atoms with Gasteiger partial charge in [-0.15, -0.1) is 0 Å². The molecule has 8 nitrogen and oxygen atoms in total. The van der Waals surface area contributed by atoms with E-state index in [1.54, 1.807) is 18.0 Å². The van der Waals surface area contributed by atoms with Gasteiger partial charge in [0, 0.05) is 44.6 Å². The Bertz CT molecular complexity index is 971. The predicted octanol–water partition coefficient (Wildman–Crippen LogP) is 5.07. The van der Waals surface area contributed by atoms with E-state index in [-0.39, 0.29) is 24.2 Å². The number of hydrogen-bond acceptors (Lipinski definition) is 6. The van der Waals surface area contributed by atoms with Crippen molar-refractivity contribution in [1.29, 1.82) is 0 Å². The summed E-state index contributed by atoms with van der Waals surface area (Å²) < 4.78 is 0. The van der Waals surface area contributed by atoms with Gasteiger partial charge in [-0.3, -0.25) is 14.4 Å². The van der Waals surface area contributed by atoms with Crippen LogP contribution < -0.4 is 11.1 Å². The number of fused-ring (bicyclic) bond motifs is 1. The number of nitrogens with two attached hydrogens (primary N) is 1. The molecule has 1 aromatic carbocycles. The van der Waals surface area contributed by atoms with Crippen LogP contribution in [0.1, 0.15) is 113 Å². The van der Waals surface area contributed by atoms with Crippen molar-refractivity contribution >= 4 is 29.2 Å². The van der Waals surface area contributed by atoms with Gasteiger partial charge in [0.2, 0.25) is 11.8 Å². The van der Waals surface area contributed by atoms with Gasteiger partial charge in [-0.25, -0.2) is 4.99 Å². The zero-order valence-corrected chi connectivity index (χ0v) is 23.5. The number of guanidine groups is 1. The molecule has 1 aliphatic heterocycles. The number of carbonyl (C=O) groups is 3. The summed E-state index contributed by atoms with van der Waals surface area (Å²) in [5.74, 6) is 0.535. The van der Waals surface area contributed by atoms with Gasteiger partial charge in [-0.05, 0) is 43.7 Å². The van der Waals surface area contributed by atoms with E-state index in [1.807, 2.05) is 12.1 Å². The quantitative estimate of drug-likeness (QED) is 0.246. The standard InChI is InChI=1S/C30H47N5O3/c1-3-4-5-12-19-35(25-13-8-6-9-14-25)29(38)16-11-7-10-15-27(36)23-17-18-24-21-34(22-28(37)32-2)30(31)33-26(24)20-23/h17-18,20,25H,3-16,19,21-22H2,1-2H3,(H2,31,33)(H,32,37). The average molecular weight is 526 g/mol. The molecule has 0 spiro atoms. The van der Waals surface area contributed by atoms with Gasteiger partial charge in [0.05, 0.1) is 12.2 Å². The topological polar surface area (TPSA) is 108 Å². The molecule has 1 aliphatic carbocycles. The number of Topliss-reactive ketones (excluding diaryl/α,β-unsaturated/α-hetero) is 1. The summed E-state index contributed by atoms with van der Waals surface area (Å²) in [6.45, 7) is 3.74. The molecule has 8 heteroatoms. The molecule has 1 fully saturated rings. The lowest BCUT2D eigenvalue weighted by atomic mass is 9.93. The van der Waals surface area contributed by atoms with E-state index in [4.69, 9.17) is 5.73 Å². The normalized spacial score (nSPS) is 15.5. The molecule has 2 amide bonds. The van der Waals surface area contributed by atoms with Crippen molar-refractivity contribution < 1.29 is 14.4 Å². The maximum atomic E-state index is 13.1. The summed E-state index contributed by atoms with van der Waals surface area (Å²) in [5.41, 5.74) is 8.31. The van der Waals surface area contributed by atoms with Crippen molar-refractivity contribution in [2.24, 2.45) is 10.7 Å². The Morgan fingerprint density at radius 2 is 1.76 bits per heavy atom. The highest BCUT2D eigenvalue weighted by atomic mass is 16.2. The monoisotopic (exact) mass is 525 g/mol. The van der Waals surface area contributed by atoms with E-state index in [9.17, 15) is 14.4 Å². The Morgan fingerprint density at radius 1 is 1.03 bits per heavy atom. The fourth-order valence-electron chi connectivity index (χ4n) is 5.48. The molecule has 2 aliphatic rings. The molecule has 3 rings (SSSR count). The molecular weight excluding hydrogens is 478 g/mol. The summed E-state index contributed by atoms with van der Waals surface area (Å²) in [4.78, 5) is 46.0. The first-order valence-electron chi connectivity index (χ1n) is 14.7. The number of benzene rings is 1. The fourth-order valence-corrected chi connectivity index (χ4v) is 5.48. The van der Waals surface area contributed by atoms with Crippen LogP contribution in [0.25, 0.3) is 0 Å². The minimum absolute atomic E-state index is 0.0837. The zero-order valence-electron chi connectivity index (χ0n) is 23.5. The molecule has 3 N–H and O–H groups in total. The third kappa shape index (κ3) is 8.84. The number of unbranched alkanes of at least 4 members (excludes halogenated alkanes) is 5. The van der Waals surface area contributed by atoms with Crippen molar-refractivity contribution in [3.8, 4) is 0 Å². The van der Waals surface area contributed by atoms with Crippen LogP contribution in [0.2, 0.25) is 0 Å². The molecule has 0 radical (unpaired) electrons. The number of nitrogens with one attached hydrogen (secondary N) is 1. The second-order valence-electron chi connectivity index (χ2n) is 10.8. The van der Waals surface area contributed by atoms with Crippen molar-refractivity contribution in [3.63, 3.8) is 0 Å². The Morgan fingerprint density at radius 3 is 2.50 bits per heavy atom. The van der Waals surface area contributed by atoms with Crippen molar-refractivity contribution in [1.82, 2.24) is 15.1 Å². The Kier molecular flexibility index (Phi) is 12.1. The number of amides is 2. The minimum Gasteiger partial charge on any atom is -0.369 e. The molecular formula is C30H47N5O3. The first-order chi connectivity index (χ1) is 18.4. The summed E-state index contributed by atoms with van der Waals surface area (Å²) in [6, 6.07) is 5.96. The Hall–Kier alpha value is -2.90. The first-order valence-corrected chi connectivity index (χ1v) is 14.7. The third-order valence-electron chi connectivity index (χ3n) is 7.82. The molecule has 0 atom stereocenters. The van der Waals surface area contributed by atoms with E-state index in [0.29, 0.717) is 42.6 Å². The van der Waals surface area contributed by atoms with Gasteiger partial charge < -0.3 is 20.9 Å². The second kappa shape index (κ2) is 15.5. The van der Waals surface area contributed by atoms with Crippen LogP contribution in [0, 0.1) is 0 Å². The molecule has 1 heterocycles. The molecule has 1 saturated carbocycles. The number of aliphatic imine (C=N–C) groups is 1. The third-order valence-corrected chi connectivity index (χ3v) is 7.82. The number of carbonyl (C=O) groups excluding carboxylic acids is 3. The predicted molar refractivity (Wildman–Crippen MR) is 152 cm³/mol. The van der Waals surface area contributed by atoms with Crippen LogP contribution in [0.3, 0.4) is 0 Å². The maximum absolute atomic E-state index is 13.1. The lowest BCUT2D eigenvalue weighted by Gasteiger charge is -2.34. The van der Waals surface area contributed by atoms with Crippen LogP contribution in [-0.4, -0.2) is 59.5 Å². The first kappa shape index (κ1) is 29.7. The smallest absolute Gasteiger partial charge is 0.239 e. The minimum atomic E-state index is -0.131. The van der Waals surface area contributed by atoms with Gasteiger partial charge >= 0.3 is 0 Å². The van der Waals surface area contributed by atoms with E-state index in [1.165, 1.54) is 38.5 Å². The van der Waals surface area contributed by atoms with E-state index < -0.39 is 0 Å². The lowest BCUT2D eigenvalue weighted by molar-refractivity contribution is -0.134. The summed E-state index contributed by atoms with van der Waals surface area (Å²) in [7, 11) is 1.59. The molecule has 0 unspecified atom stereocenters. The summed E-state index contributed by atoms with van der Waals surface area (Å²) in [6.07, 6.45) is 14.3. The van der Waals surface area contributed by atoms with Crippen LogP contribution >= 0.6 is 0 Å². The van der Waals surface area contributed by atoms with Crippen LogP contribution in [0.15, 0.2) is 23.2 Å². The van der Waals surface area contributed by atoms with Gasteiger partial charge in [0.15, 0.2) is 11.7 Å². The van der Waals surface area contributed by atoms with Crippen molar-refractivity contribution in [3.05, 3.63) is 29.3 Å². The highest BCUT2D eigenvalue weighted by Crippen LogP contribution is 2.28. The lowest BCUT2D eigenvalue weighted by Crippen LogP contribution is -2.44. The highest BCUT2D eigenvalue weighted by molar-refractivity contribution is 5.97. The van der Waals surface area contributed by atoms with Crippen molar-refractivity contribution in [2.75, 3.05) is 20.1 Å². The molecule has 210 valence electrons. The van der Waals surface area contributed by atoms with Crippen LogP contribution in [0.4, 0.5) is 5.69 Å². The van der Waals surface area contributed by atoms with E-state index in [2.05, 4.69) is 22.1 Å². The second-order valence-corrected chi connectivity index (χ2v) is 10.8. The average Bonchev–Trinajstić information content (AvgIpc) is 2.93. The van der Waals surface area contributed by atoms with Crippen LogP contribution in [0.5, 0.6) is 0 Å². The number of nitrogens with zero attached hydrogens (tertiary/aromatic N) is 3. The maximum Gasteiger partial charge on any atom is 0.239 e. The SMILES string of the molecule is CCCCCCN(C(=O)CCCCCC(=O)c1ccc2c(c1)N=C(N)N(CC(=O)NC)C2)C1CCCCC1. The Balaban J connectivity index is 1.43. The highest BCUT2D eigenvalue weighted by Gasteiger charge is 2.25. The molecule has 0 bridgehead atoms. The molecule has 38 heavy (non-hydrogen) atoms. The number of rotatable bonds is 15.